The van der Waals surface area contributed by atoms with Crippen LogP contribution in [-0.2, 0) is 6.54 Å². The third-order valence-corrected chi connectivity index (χ3v) is 5.68. The van der Waals surface area contributed by atoms with Crippen LogP contribution in [0.4, 0.5) is 0 Å². The summed E-state index contributed by atoms with van der Waals surface area (Å²) in [7, 11) is 0. The number of hydrogen-bond donors (Lipinski definition) is 2. The van der Waals surface area contributed by atoms with E-state index in [4.69, 9.17) is 0 Å². The molecule has 1 aliphatic carbocycles. The van der Waals surface area contributed by atoms with Crippen molar-refractivity contribution in [3.63, 3.8) is 0 Å². The van der Waals surface area contributed by atoms with Crippen molar-refractivity contribution >= 4 is 0 Å². The van der Waals surface area contributed by atoms with Crippen LogP contribution in [0.2, 0.25) is 0 Å². The molecule has 116 valence electrons. The minimum absolute atomic E-state index is 0.227. The van der Waals surface area contributed by atoms with Gasteiger partial charge in [0.15, 0.2) is 0 Å². The lowest BCUT2D eigenvalue weighted by Gasteiger charge is -2.52. The second kappa shape index (κ2) is 5.62. The van der Waals surface area contributed by atoms with Gasteiger partial charge in [-0.15, -0.1) is 0 Å². The Balaban J connectivity index is 1.81. The molecule has 1 saturated carbocycles. The second-order valence-electron chi connectivity index (χ2n) is 7.22. The van der Waals surface area contributed by atoms with E-state index < -0.39 is 0 Å². The molecule has 1 aromatic rings. The first-order valence-corrected chi connectivity index (χ1v) is 8.33. The number of phenols is 1. The molecule has 3 rings (SSSR count). The van der Waals surface area contributed by atoms with E-state index in [9.17, 15) is 5.11 Å². The van der Waals surface area contributed by atoms with Crippen LogP contribution in [0.5, 0.6) is 5.75 Å². The Morgan fingerprint density at radius 1 is 1.19 bits per heavy atom. The van der Waals surface area contributed by atoms with Crippen molar-refractivity contribution in [3.05, 3.63) is 29.8 Å². The van der Waals surface area contributed by atoms with Gasteiger partial charge in [-0.2, -0.15) is 0 Å². The molecule has 1 unspecified atom stereocenters. The van der Waals surface area contributed by atoms with E-state index in [0.717, 1.165) is 26.1 Å². The van der Waals surface area contributed by atoms with Crippen molar-refractivity contribution in [2.45, 2.75) is 63.6 Å². The molecule has 3 heteroatoms. The third-order valence-electron chi connectivity index (χ3n) is 5.68. The smallest absolute Gasteiger partial charge is 0.115 e. The minimum Gasteiger partial charge on any atom is -0.508 e. The van der Waals surface area contributed by atoms with Crippen LogP contribution in [0.25, 0.3) is 0 Å². The Bertz CT molecular complexity index is 478. The third kappa shape index (κ3) is 2.95. The highest BCUT2D eigenvalue weighted by atomic mass is 16.3. The fourth-order valence-corrected chi connectivity index (χ4v) is 3.94. The van der Waals surface area contributed by atoms with Gasteiger partial charge in [0.2, 0.25) is 0 Å². The number of benzene rings is 1. The van der Waals surface area contributed by atoms with E-state index in [-0.39, 0.29) is 5.54 Å². The predicted molar refractivity (Wildman–Crippen MR) is 86.4 cm³/mol. The number of rotatable bonds is 3. The van der Waals surface area contributed by atoms with Gasteiger partial charge in [0.1, 0.15) is 5.75 Å². The minimum atomic E-state index is 0.227. The summed E-state index contributed by atoms with van der Waals surface area (Å²) in [6.45, 7) is 7.86. The molecule has 0 bridgehead atoms. The summed E-state index contributed by atoms with van der Waals surface area (Å²) in [5, 5.41) is 13.3. The summed E-state index contributed by atoms with van der Waals surface area (Å²) in [5.74, 6) is 0.355. The predicted octanol–water partition coefficient (Wildman–Crippen LogP) is 3.28. The number of piperazine rings is 1. The molecule has 0 aromatic heterocycles. The molecule has 1 heterocycles. The molecule has 21 heavy (non-hydrogen) atoms. The molecule has 2 aliphatic rings. The first-order chi connectivity index (χ1) is 10.1. The maximum absolute atomic E-state index is 9.47. The Hall–Kier alpha value is -1.06. The molecular formula is C18H28N2O. The fraction of sp³-hybridized carbons (Fsp3) is 0.667. The highest BCUT2D eigenvalue weighted by Gasteiger charge is 2.46. The van der Waals surface area contributed by atoms with Crippen molar-refractivity contribution in [2.75, 3.05) is 13.1 Å². The molecule has 1 aliphatic heterocycles. The Morgan fingerprint density at radius 3 is 2.48 bits per heavy atom. The fourth-order valence-electron chi connectivity index (χ4n) is 3.94. The summed E-state index contributed by atoms with van der Waals surface area (Å²) < 4.78 is 0. The van der Waals surface area contributed by atoms with Crippen LogP contribution < -0.4 is 5.32 Å². The number of nitrogens with one attached hydrogen (secondary N) is 1. The van der Waals surface area contributed by atoms with Gasteiger partial charge in [-0.25, -0.2) is 0 Å². The largest absolute Gasteiger partial charge is 0.508 e. The molecule has 0 radical (unpaired) electrons. The average molecular weight is 288 g/mol. The maximum atomic E-state index is 9.47. The first kappa shape index (κ1) is 14.9. The molecule has 1 aromatic carbocycles. The van der Waals surface area contributed by atoms with Gasteiger partial charge >= 0.3 is 0 Å². The SMILES string of the molecule is CCC1(C)CN(Cc2ccc(O)cc2)C2(CCCC2)CN1. The molecule has 1 spiro atoms. The summed E-state index contributed by atoms with van der Waals surface area (Å²) in [6.07, 6.45) is 6.51. The first-order valence-electron chi connectivity index (χ1n) is 8.33. The van der Waals surface area contributed by atoms with Gasteiger partial charge < -0.3 is 10.4 Å². The van der Waals surface area contributed by atoms with E-state index >= 15 is 0 Å². The summed E-state index contributed by atoms with van der Waals surface area (Å²) in [6, 6.07) is 7.72. The number of aromatic hydroxyl groups is 1. The van der Waals surface area contributed by atoms with E-state index in [1.807, 2.05) is 0 Å². The molecule has 0 amide bonds. The van der Waals surface area contributed by atoms with Crippen molar-refractivity contribution in [2.24, 2.45) is 0 Å². The molecule has 2 N–H and O–H groups in total. The monoisotopic (exact) mass is 288 g/mol. The molecule has 2 fully saturated rings. The highest BCUT2D eigenvalue weighted by Crippen LogP contribution is 2.39. The normalized spacial score (nSPS) is 29.0. The van der Waals surface area contributed by atoms with Gasteiger partial charge in [0.05, 0.1) is 0 Å². The van der Waals surface area contributed by atoms with Crippen molar-refractivity contribution in [1.29, 1.82) is 0 Å². The van der Waals surface area contributed by atoms with Gasteiger partial charge in [-0.3, -0.25) is 4.90 Å². The van der Waals surface area contributed by atoms with E-state index in [2.05, 4.69) is 36.2 Å². The van der Waals surface area contributed by atoms with Crippen LogP contribution in [0.15, 0.2) is 24.3 Å². The molecule has 3 nitrogen and oxygen atoms in total. The number of phenolic OH excluding ortho intramolecular Hbond substituents is 1. The molecular weight excluding hydrogens is 260 g/mol. The van der Waals surface area contributed by atoms with Crippen LogP contribution in [0.1, 0.15) is 51.5 Å². The lowest BCUT2D eigenvalue weighted by Crippen LogP contribution is -2.67. The van der Waals surface area contributed by atoms with Crippen LogP contribution >= 0.6 is 0 Å². The van der Waals surface area contributed by atoms with Crippen LogP contribution in [0.3, 0.4) is 0 Å². The topological polar surface area (TPSA) is 35.5 Å². The average Bonchev–Trinajstić information content (AvgIpc) is 2.96. The van der Waals surface area contributed by atoms with Crippen LogP contribution in [-0.4, -0.2) is 34.2 Å². The van der Waals surface area contributed by atoms with E-state index in [0.29, 0.717) is 11.3 Å². The standard InChI is InChI=1S/C18H28N2O/c1-3-17(2)14-20(12-15-6-8-16(21)9-7-15)18(13-19-17)10-4-5-11-18/h6-9,19,21H,3-5,10-14H2,1-2H3. The Labute approximate surface area is 128 Å². The summed E-state index contributed by atoms with van der Waals surface area (Å²) in [4.78, 5) is 2.71. The maximum Gasteiger partial charge on any atom is 0.115 e. The lowest BCUT2D eigenvalue weighted by atomic mass is 9.84. The van der Waals surface area contributed by atoms with E-state index in [1.165, 1.54) is 31.2 Å². The number of nitrogens with zero attached hydrogens (tertiary/aromatic N) is 1. The molecule has 1 saturated heterocycles. The summed E-state index contributed by atoms with van der Waals surface area (Å²) >= 11 is 0. The zero-order chi connectivity index (χ0) is 14.9. The molecule has 1 atom stereocenters. The quantitative estimate of drug-likeness (QED) is 0.896. The number of hydrogen-bond acceptors (Lipinski definition) is 3. The summed E-state index contributed by atoms with van der Waals surface area (Å²) in [5.41, 5.74) is 1.89. The Morgan fingerprint density at radius 2 is 1.86 bits per heavy atom. The zero-order valence-corrected chi connectivity index (χ0v) is 13.4. The van der Waals surface area contributed by atoms with Gasteiger partial charge in [0.25, 0.3) is 0 Å². The second-order valence-corrected chi connectivity index (χ2v) is 7.22. The van der Waals surface area contributed by atoms with Gasteiger partial charge in [-0.05, 0) is 43.9 Å². The van der Waals surface area contributed by atoms with Crippen molar-refractivity contribution in [3.8, 4) is 5.75 Å². The van der Waals surface area contributed by atoms with Crippen LogP contribution in [0, 0.1) is 0 Å². The highest BCUT2D eigenvalue weighted by molar-refractivity contribution is 5.26. The van der Waals surface area contributed by atoms with E-state index in [1.54, 1.807) is 12.1 Å². The van der Waals surface area contributed by atoms with Gasteiger partial charge in [-0.1, -0.05) is 31.9 Å². The van der Waals surface area contributed by atoms with Crippen molar-refractivity contribution in [1.82, 2.24) is 10.2 Å². The van der Waals surface area contributed by atoms with Crippen molar-refractivity contribution < 1.29 is 5.11 Å². The zero-order valence-electron chi connectivity index (χ0n) is 13.4. The Kier molecular flexibility index (Phi) is 3.98. The van der Waals surface area contributed by atoms with Gasteiger partial charge in [0, 0.05) is 30.7 Å². The lowest BCUT2D eigenvalue weighted by molar-refractivity contribution is 0.00532.